The molecule has 0 spiro atoms. The second-order valence-corrected chi connectivity index (χ2v) is 6.29. The van der Waals surface area contributed by atoms with Crippen molar-refractivity contribution < 1.29 is 14.3 Å². The van der Waals surface area contributed by atoms with E-state index in [0.29, 0.717) is 16.8 Å². The van der Waals surface area contributed by atoms with Crippen LogP contribution in [0.3, 0.4) is 0 Å². The topological polar surface area (TPSA) is 77.4 Å². The minimum absolute atomic E-state index is 0.239. The van der Waals surface area contributed by atoms with Crippen molar-refractivity contribution in [2.24, 2.45) is 0 Å². The number of para-hydroxylation sites is 1. The Morgan fingerprint density at radius 1 is 1.07 bits per heavy atom. The molecule has 27 heavy (non-hydrogen) atoms. The zero-order chi connectivity index (χ0) is 19.6. The Bertz CT molecular complexity index is 1080. The van der Waals surface area contributed by atoms with Gasteiger partial charge in [-0.2, -0.15) is 0 Å². The number of hydrogen-bond donors (Lipinski definition) is 1. The van der Waals surface area contributed by atoms with E-state index >= 15 is 0 Å². The van der Waals surface area contributed by atoms with Gasteiger partial charge in [0.05, 0.1) is 18.2 Å². The highest BCUT2D eigenvalue weighted by Gasteiger charge is 2.19. The number of benzene rings is 2. The molecule has 1 N–H and O–H groups in total. The first-order chi connectivity index (χ1) is 12.9. The maximum atomic E-state index is 12.8. The first kappa shape index (κ1) is 18.4. The second kappa shape index (κ2) is 7.45. The lowest BCUT2D eigenvalue weighted by Crippen LogP contribution is -2.31. The van der Waals surface area contributed by atoms with Crippen LogP contribution in [0.4, 0.5) is 5.69 Å². The second-order valence-electron chi connectivity index (χ2n) is 6.29. The summed E-state index contributed by atoms with van der Waals surface area (Å²) < 4.78 is 6.17. The summed E-state index contributed by atoms with van der Waals surface area (Å²) in [6.07, 6.45) is 0. The Morgan fingerprint density at radius 3 is 2.56 bits per heavy atom. The molecule has 0 fully saturated rings. The molecule has 0 saturated heterocycles. The fraction of sp³-hybridized carbons (Fsp3) is 0.190. The normalized spacial score (nSPS) is 11.8. The van der Waals surface area contributed by atoms with Crippen LogP contribution in [0.1, 0.15) is 28.9 Å². The molecular formula is C21H20N2O4. The van der Waals surface area contributed by atoms with Gasteiger partial charge in [-0.15, -0.1) is 0 Å². The van der Waals surface area contributed by atoms with Crippen LogP contribution in [0.25, 0.3) is 10.9 Å². The van der Waals surface area contributed by atoms with Crippen LogP contribution in [0, 0.1) is 6.92 Å². The van der Waals surface area contributed by atoms with E-state index in [4.69, 9.17) is 4.74 Å². The molecule has 0 saturated carbocycles. The van der Waals surface area contributed by atoms with E-state index in [1.165, 1.54) is 23.8 Å². The van der Waals surface area contributed by atoms with Gasteiger partial charge >= 0.3 is 5.97 Å². The third-order valence-electron chi connectivity index (χ3n) is 4.48. The smallest absolute Gasteiger partial charge is 0.337 e. The van der Waals surface area contributed by atoms with Crippen LogP contribution in [-0.2, 0) is 9.53 Å². The highest BCUT2D eigenvalue weighted by molar-refractivity contribution is 5.97. The molecule has 0 aliphatic carbocycles. The van der Waals surface area contributed by atoms with Crippen molar-refractivity contribution in [3.63, 3.8) is 0 Å². The lowest BCUT2D eigenvalue weighted by Gasteiger charge is -2.18. The van der Waals surface area contributed by atoms with Gasteiger partial charge in [0.25, 0.3) is 5.56 Å². The molecule has 3 aromatic rings. The fourth-order valence-corrected chi connectivity index (χ4v) is 3.07. The number of aryl methyl sites for hydroxylation is 1. The van der Waals surface area contributed by atoms with E-state index < -0.39 is 12.0 Å². The van der Waals surface area contributed by atoms with Crippen LogP contribution in [0.2, 0.25) is 0 Å². The molecule has 6 nitrogen and oxygen atoms in total. The highest BCUT2D eigenvalue weighted by Crippen LogP contribution is 2.20. The van der Waals surface area contributed by atoms with E-state index in [2.05, 4.69) is 5.32 Å². The lowest BCUT2D eigenvalue weighted by molar-refractivity contribution is -0.118. The summed E-state index contributed by atoms with van der Waals surface area (Å²) in [5.74, 6) is -0.840. The maximum Gasteiger partial charge on any atom is 0.337 e. The predicted molar refractivity (Wildman–Crippen MR) is 104 cm³/mol. The summed E-state index contributed by atoms with van der Waals surface area (Å²) in [5, 5.41) is 3.68. The summed E-state index contributed by atoms with van der Waals surface area (Å²) in [6, 6.07) is 14.7. The number of fused-ring (bicyclic) bond motifs is 1. The summed E-state index contributed by atoms with van der Waals surface area (Å²) in [6.45, 7) is 3.54. The maximum absolute atomic E-state index is 12.8. The van der Waals surface area contributed by atoms with E-state index in [1.807, 2.05) is 31.2 Å². The Morgan fingerprint density at radius 2 is 1.81 bits per heavy atom. The molecule has 1 heterocycles. The lowest BCUT2D eigenvalue weighted by atomic mass is 10.1. The Balaban J connectivity index is 1.94. The standard InChI is InChI=1S/C21H20N2O4/c1-13-11-19(24)23(18-10-5-4-9-17(13)18)14(2)20(25)22-16-8-6-7-15(12-16)21(26)27-3/h4-12,14H,1-3H3,(H,22,25). The minimum Gasteiger partial charge on any atom is -0.465 e. The Hall–Kier alpha value is -3.41. The number of carbonyl (C=O) groups excluding carboxylic acids is 2. The van der Waals surface area contributed by atoms with Gasteiger partial charge in [-0.05, 0) is 43.7 Å². The molecule has 0 aliphatic heterocycles. The number of anilines is 1. The number of carbonyl (C=O) groups is 2. The highest BCUT2D eigenvalue weighted by atomic mass is 16.5. The van der Waals surface area contributed by atoms with Gasteiger partial charge in [-0.25, -0.2) is 4.79 Å². The number of rotatable bonds is 4. The van der Waals surface area contributed by atoms with Gasteiger partial charge in [0.2, 0.25) is 5.91 Å². The van der Waals surface area contributed by atoms with E-state index in [1.54, 1.807) is 25.1 Å². The molecule has 0 radical (unpaired) electrons. The monoisotopic (exact) mass is 364 g/mol. The zero-order valence-electron chi connectivity index (χ0n) is 15.4. The third kappa shape index (κ3) is 3.60. The number of nitrogens with zero attached hydrogens (tertiary/aromatic N) is 1. The van der Waals surface area contributed by atoms with Crippen molar-refractivity contribution in [3.8, 4) is 0 Å². The summed E-state index contributed by atoms with van der Waals surface area (Å²) in [5.41, 5.74) is 2.12. The van der Waals surface area contributed by atoms with Crippen LogP contribution >= 0.6 is 0 Å². The number of amides is 1. The van der Waals surface area contributed by atoms with Crippen molar-refractivity contribution in [3.05, 3.63) is 76.1 Å². The number of esters is 1. The van der Waals surface area contributed by atoms with Crippen LogP contribution < -0.4 is 10.9 Å². The molecule has 1 amide bonds. The van der Waals surface area contributed by atoms with Crippen molar-refractivity contribution in [2.75, 3.05) is 12.4 Å². The van der Waals surface area contributed by atoms with E-state index in [-0.39, 0.29) is 11.5 Å². The number of hydrogen-bond acceptors (Lipinski definition) is 4. The Labute approximate surface area is 156 Å². The molecule has 1 atom stereocenters. The van der Waals surface area contributed by atoms with Crippen LogP contribution in [-0.4, -0.2) is 23.6 Å². The molecule has 0 aliphatic rings. The van der Waals surface area contributed by atoms with E-state index in [9.17, 15) is 14.4 Å². The molecule has 138 valence electrons. The zero-order valence-corrected chi connectivity index (χ0v) is 15.4. The van der Waals surface area contributed by atoms with Gasteiger partial charge in [0.1, 0.15) is 6.04 Å². The fourth-order valence-electron chi connectivity index (χ4n) is 3.07. The van der Waals surface area contributed by atoms with Gasteiger partial charge in [0, 0.05) is 17.1 Å². The Kier molecular flexibility index (Phi) is 5.07. The van der Waals surface area contributed by atoms with Gasteiger partial charge in [0.15, 0.2) is 0 Å². The molecule has 3 rings (SSSR count). The first-order valence-corrected chi connectivity index (χ1v) is 8.52. The first-order valence-electron chi connectivity index (χ1n) is 8.52. The summed E-state index contributed by atoms with van der Waals surface area (Å²) >= 11 is 0. The molecular weight excluding hydrogens is 344 g/mol. The third-order valence-corrected chi connectivity index (χ3v) is 4.48. The average molecular weight is 364 g/mol. The van der Waals surface area contributed by atoms with Crippen LogP contribution in [0.5, 0.6) is 0 Å². The van der Waals surface area contributed by atoms with Crippen molar-refractivity contribution in [1.29, 1.82) is 0 Å². The predicted octanol–water partition coefficient (Wildman–Crippen LogP) is 3.30. The van der Waals surface area contributed by atoms with Crippen LogP contribution in [0.15, 0.2) is 59.4 Å². The van der Waals surface area contributed by atoms with Gasteiger partial charge in [-0.1, -0.05) is 24.3 Å². The quantitative estimate of drug-likeness (QED) is 0.721. The minimum atomic E-state index is -0.732. The number of nitrogens with one attached hydrogen (secondary N) is 1. The molecule has 2 aromatic carbocycles. The number of ether oxygens (including phenoxy) is 1. The number of aromatic nitrogens is 1. The molecule has 6 heteroatoms. The molecule has 1 aromatic heterocycles. The number of methoxy groups -OCH3 is 1. The van der Waals surface area contributed by atoms with Crippen molar-refractivity contribution in [1.82, 2.24) is 4.57 Å². The van der Waals surface area contributed by atoms with Crippen molar-refractivity contribution >= 4 is 28.5 Å². The summed E-state index contributed by atoms with van der Waals surface area (Å²) in [7, 11) is 1.30. The molecule has 0 bridgehead atoms. The van der Waals surface area contributed by atoms with E-state index in [0.717, 1.165) is 10.9 Å². The molecule has 1 unspecified atom stereocenters. The van der Waals surface area contributed by atoms with Gasteiger partial charge in [-0.3, -0.25) is 14.2 Å². The summed E-state index contributed by atoms with van der Waals surface area (Å²) in [4.78, 5) is 37.0. The van der Waals surface area contributed by atoms with Crippen molar-refractivity contribution in [2.45, 2.75) is 19.9 Å². The number of pyridine rings is 1. The average Bonchev–Trinajstić information content (AvgIpc) is 2.67. The largest absolute Gasteiger partial charge is 0.465 e. The van der Waals surface area contributed by atoms with Gasteiger partial charge < -0.3 is 10.1 Å². The SMILES string of the molecule is COC(=O)c1cccc(NC(=O)C(C)n2c(=O)cc(C)c3ccccc32)c1.